The van der Waals surface area contributed by atoms with Crippen molar-refractivity contribution >= 4 is 26.4 Å². The lowest BCUT2D eigenvalue weighted by Gasteiger charge is -2.48. The summed E-state index contributed by atoms with van der Waals surface area (Å²) >= 11 is 0. The number of aliphatic hydroxyl groups is 1. The van der Waals surface area contributed by atoms with Gasteiger partial charge in [-0.25, -0.2) is 4.67 Å². The molecule has 14 heteroatoms. The number of nitrogens with one attached hydrogen (secondary N) is 1. The standard InChI is InChI=1S/C28H50N3O10P/c1-17(2)31(18(3)4)42(37-14-12-13-29)41-28(10,11)27(8,9)16-36-26-23(30-19(5)33)25(39-21(7)35)24(38-20(6)34)22(15-32)40-26/h17-18,22-26,32H,12,14-16H2,1-11H3,(H,30,33). The second-order valence-corrected chi connectivity index (χ2v) is 13.3. The number of hydrogen-bond donors (Lipinski definition) is 2. The quantitative estimate of drug-likeness (QED) is 0.147. The minimum Gasteiger partial charge on any atom is -0.456 e. The Labute approximate surface area is 251 Å². The molecule has 0 spiro atoms. The van der Waals surface area contributed by atoms with Gasteiger partial charge in [0, 0.05) is 38.3 Å². The van der Waals surface area contributed by atoms with Crippen LogP contribution in [0.15, 0.2) is 0 Å². The van der Waals surface area contributed by atoms with E-state index in [2.05, 4.69) is 43.8 Å². The smallest absolute Gasteiger partial charge is 0.303 e. The topological polar surface area (TPSA) is 166 Å². The van der Waals surface area contributed by atoms with E-state index in [1.807, 2.05) is 27.7 Å². The van der Waals surface area contributed by atoms with E-state index in [1.54, 1.807) is 0 Å². The Morgan fingerprint density at radius 1 is 1.02 bits per heavy atom. The minimum absolute atomic E-state index is 0.0502. The number of amides is 1. The molecule has 2 N–H and O–H groups in total. The molecule has 13 nitrogen and oxygen atoms in total. The molecule has 0 aromatic carbocycles. The molecule has 0 saturated carbocycles. The molecule has 1 aliphatic rings. The first-order valence-electron chi connectivity index (χ1n) is 14.1. The van der Waals surface area contributed by atoms with Crippen LogP contribution in [0.3, 0.4) is 0 Å². The molecular weight excluding hydrogens is 569 g/mol. The Morgan fingerprint density at radius 2 is 1.57 bits per heavy atom. The summed E-state index contributed by atoms with van der Waals surface area (Å²) in [7, 11) is -1.55. The van der Waals surface area contributed by atoms with Crippen molar-refractivity contribution in [3.05, 3.63) is 0 Å². The molecular formula is C28H50N3O10P. The van der Waals surface area contributed by atoms with E-state index in [0.717, 1.165) is 0 Å². The average Bonchev–Trinajstić information content (AvgIpc) is 2.83. The van der Waals surface area contributed by atoms with Gasteiger partial charge in [-0.3, -0.25) is 14.4 Å². The number of rotatable bonds is 16. The van der Waals surface area contributed by atoms with Crippen molar-refractivity contribution in [3.8, 4) is 6.07 Å². The van der Waals surface area contributed by atoms with Crippen LogP contribution in [-0.4, -0.2) is 95.8 Å². The normalized spacial score (nSPS) is 23.9. The average molecular weight is 620 g/mol. The van der Waals surface area contributed by atoms with Gasteiger partial charge in [-0.2, -0.15) is 5.26 Å². The van der Waals surface area contributed by atoms with Crippen LogP contribution in [0.5, 0.6) is 0 Å². The Bertz CT molecular complexity index is 931. The molecule has 1 heterocycles. The summed E-state index contributed by atoms with van der Waals surface area (Å²) in [6, 6.07) is 1.27. The summed E-state index contributed by atoms with van der Waals surface area (Å²) < 4.78 is 37.9. The first-order valence-corrected chi connectivity index (χ1v) is 15.3. The van der Waals surface area contributed by atoms with E-state index in [-0.39, 0.29) is 31.7 Å². The Hall–Kier alpha value is -1.91. The summed E-state index contributed by atoms with van der Waals surface area (Å²) in [4.78, 5) is 36.0. The molecule has 0 aliphatic carbocycles. The second kappa shape index (κ2) is 16.8. The summed E-state index contributed by atoms with van der Waals surface area (Å²) in [5.74, 6) is -1.81. The number of nitriles is 1. The van der Waals surface area contributed by atoms with Gasteiger partial charge in [0.2, 0.25) is 5.91 Å². The molecule has 0 radical (unpaired) electrons. The maximum Gasteiger partial charge on any atom is 0.303 e. The molecule has 42 heavy (non-hydrogen) atoms. The molecule has 1 rings (SSSR count). The van der Waals surface area contributed by atoms with Crippen LogP contribution in [0.1, 0.15) is 82.6 Å². The third-order valence-corrected chi connectivity index (χ3v) is 9.32. The molecule has 6 atom stereocenters. The number of carbonyl (C=O) groups excluding carboxylic acids is 3. The van der Waals surface area contributed by atoms with Crippen LogP contribution >= 0.6 is 8.53 Å². The van der Waals surface area contributed by atoms with Gasteiger partial charge < -0.3 is 38.4 Å². The van der Waals surface area contributed by atoms with E-state index in [1.165, 1.54) is 20.8 Å². The van der Waals surface area contributed by atoms with Crippen molar-refractivity contribution in [2.45, 2.75) is 131 Å². The van der Waals surface area contributed by atoms with Crippen LogP contribution in [-0.2, 0) is 42.4 Å². The Kier molecular flexibility index (Phi) is 15.3. The summed E-state index contributed by atoms with van der Waals surface area (Å²) in [5, 5.41) is 21.8. The van der Waals surface area contributed by atoms with Crippen molar-refractivity contribution in [1.29, 1.82) is 5.26 Å². The van der Waals surface area contributed by atoms with E-state index >= 15 is 0 Å². The van der Waals surface area contributed by atoms with Crippen LogP contribution in [0.4, 0.5) is 0 Å². The van der Waals surface area contributed by atoms with Crippen molar-refractivity contribution in [3.63, 3.8) is 0 Å². The Morgan fingerprint density at radius 3 is 2.02 bits per heavy atom. The fourth-order valence-electron chi connectivity index (χ4n) is 4.31. The molecule has 1 fully saturated rings. The highest BCUT2D eigenvalue weighted by Crippen LogP contribution is 2.53. The zero-order valence-electron chi connectivity index (χ0n) is 26.8. The monoisotopic (exact) mass is 619 g/mol. The van der Waals surface area contributed by atoms with Gasteiger partial charge in [-0.05, 0) is 41.5 Å². The van der Waals surface area contributed by atoms with Crippen LogP contribution in [0.2, 0.25) is 0 Å². The van der Waals surface area contributed by atoms with Crippen molar-refractivity contribution in [2.24, 2.45) is 5.41 Å². The highest BCUT2D eigenvalue weighted by Gasteiger charge is 2.52. The number of carbonyl (C=O) groups is 3. The molecule has 0 aromatic rings. The number of esters is 2. The van der Waals surface area contributed by atoms with Gasteiger partial charge in [0.25, 0.3) is 8.53 Å². The van der Waals surface area contributed by atoms with E-state index in [4.69, 9.17) is 33.3 Å². The highest BCUT2D eigenvalue weighted by molar-refractivity contribution is 7.44. The lowest BCUT2D eigenvalue weighted by atomic mass is 9.78. The summed E-state index contributed by atoms with van der Waals surface area (Å²) in [5.41, 5.74) is -1.52. The van der Waals surface area contributed by atoms with Crippen molar-refractivity contribution in [2.75, 3.05) is 19.8 Å². The highest BCUT2D eigenvalue weighted by atomic mass is 31.2. The minimum atomic E-state index is -1.55. The predicted molar refractivity (Wildman–Crippen MR) is 155 cm³/mol. The predicted octanol–water partition coefficient (Wildman–Crippen LogP) is 3.19. The zero-order chi connectivity index (χ0) is 32.4. The zero-order valence-corrected chi connectivity index (χ0v) is 27.7. The van der Waals surface area contributed by atoms with Crippen molar-refractivity contribution < 1.29 is 47.5 Å². The summed E-state index contributed by atoms with van der Waals surface area (Å²) in [6.07, 6.45) is -4.41. The number of hydrogen-bond acceptors (Lipinski definition) is 12. The maximum absolute atomic E-state index is 12.2. The van der Waals surface area contributed by atoms with Gasteiger partial charge in [-0.15, -0.1) is 0 Å². The van der Waals surface area contributed by atoms with Gasteiger partial charge in [-0.1, -0.05) is 13.8 Å². The lowest BCUT2D eigenvalue weighted by Crippen LogP contribution is -2.66. The number of nitrogens with zero attached hydrogens (tertiary/aromatic N) is 2. The first kappa shape index (κ1) is 38.1. The fourth-order valence-corrected chi connectivity index (χ4v) is 6.23. The molecule has 0 aromatic heterocycles. The fraction of sp³-hybridized carbons (Fsp3) is 0.857. The Balaban J connectivity index is 3.30. The third kappa shape index (κ3) is 11.0. The van der Waals surface area contributed by atoms with E-state index < -0.39 is 74.6 Å². The van der Waals surface area contributed by atoms with Gasteiger partial charge in [0.1, 0.15) is 12.1 Å². The third-order valence-electron chi connectivity index (χ3n) is 7.01. The molecule has 1 aliphatic heterocycles. The van der Waals surface area contributed by atoms with Gasteiger partial charge in [0.05, 0.1) is 37.9 Å². The number of ether oxygens (including phenoxy) is 4. The summed E-state index contributed by atoms with van der Waals surface area (Å²) in [6.45, 7) is 19.3. The van der Waals surface area contributed by atoms with Crippen LogP contribution in [0.25, 0.3) is 0 Å². The molecule has 0 bridgehead atoms. The maximum atomic E-state index is 12.2. The SMILES string of the molecule is CC(=O)NC1C(OCC(C)(C)C(C)(C)OP(OCCC#N)N(C(C)C)C(C)C)OC(CO)C(OC(C)=O)C1OC(C)=O. The second-order valence-electron chi connectivity index (χ2n) is 11.9. The van der Waals surface area contributed by atoms with Crippen LogP contribution in [0, 0.1) is 16.7 Å². The number of aliphatic hydroxyl groups excluding tert-OH is 1. The van der Waals surface area contributed by atoms with E-state index in [0.29, 0.717) is 0 Å². The molecule has 242 valence electrons. The first-order chi connectivity index (χ1) is 19.4. The molecule has 1 saturated heterocycles. The van der Waals surface area contributed by atoms with E-state index in [9.17, 15) is 19.5 Å². The molecule has 1 amide bonds. The largest absolute Gasteiger partial charge is 0.456 e. The van der Waals surface area contributed by atoms with Gasteiger partial charge in [0.15, 0.2) is 18.5 Å². The molecule has 6 unspecified atom stereocenters. The lowest BCUT2D eigenvalue weighted by molar-refractivity contribution is -0.284. The van der Waals surface area contributed by atoms with Gasteiger partial charge >= 0.3 is 11.9 Å². The van der Waals surface area contributed by atoms with Crippen molar-refractivity contribution in [1.82, 2.24) is 9.99 Å². The van der Waals surface area contributed by atoms with Crippen LogP contribution < -0.4 is 5.32 Å².